The number of carbonyl (C=O) groups is 2. The minimum Gasteiger partial charge on any atom is -0.344 e. The van der Waals surface area contributed by atoms with Crippen molar-refractivity contribution in [1.82, 2.24) is 20.1 Å². The topological polar surface area (TPSA) is 65.5 Å². The van der Waals surface area contributed by atoms with Crippen molar-refractivity contribution in [2.75, 3.05) is 32.7 Å². The van der Waals surface area contributed by atoms with Crippen LogP contribution in [0.2, 0.25) is 0 Å². The number of nitrogens with zero attached hydrogens (tertiary/aromatic N) is 3. The fraction of sp³-hybridized carbons (Fsp3) is 0.433. The van der Waals surface area contributed by atoms with E-state index in [-0.39, 0.29) is 23.8 Å². The number of aryl methyl sites for hydroxylation is 3. The van der Waals surface area contributed by atoms with E-state index in [1.165, 1.54) is 11.3 Å². The van der Waals surface area contributed by atoms with Crippen LogP contribution in [-0.2, 0) is 0 Å². The molecule has 0 spiro atoms. The molecule has 2 saturated heterocycles. The van der Waals surface area contributed by atoms with Crippen LogP contribution in [0.4, 0.5) is 0 Å². The number of benzene rings is 1. The van der Waals surface area contributed by atoms with E-state index in [0.29, 0.717) is 11.8 Å². The predicted molar refractivity (Wildman–Crippen MR) is 148 cm³/mol. The largest absolute Gasteiger partial charge is 0.344 e. The van der Waals surface area contributed by atoms with Gasteiger partial charge >= 0.3 is 0 Å². The first-order valence-electron chi connectivity index (χ1n) is 13.2. The zero-order valence-electron chi connectivity index (χ0n) is 22.1. The summed E-state index contributed by atoms with van der Waals surface area (Å²) in [6.07, 6.45) is 1.77. The number of hydrogen-bond acceptors (Lipinski definition) is 5. The van der Waals surface area contributed by atoms with Gasteiger partial charge in [-0.25, -0.2) is 0 Å². The molecule has 2 fully saturated rings. The Labute approximate surface area is 223 Å². The number of aromatic nitrogens is 1. The number of nitrogens with one attached hydrogen (secondary N) is 1. The Morgan fingerprint density at radius 1 is 1.00 bits per heavy atom. The Hall–Kier alpha value is -3.03. The van der Waals surface area contributed by atoms with Crippen LogP contribution in [0.25, 0.3) is 0 Å². The molecule has 0 bridgehead atoms. The summed E-state index contributed by atoms with van der Waals surface area (Å²) in [5.41, 5.74) is 3.70. The maximum Gasteiger partial charge on any atom is 0.261 e. The first-order chi connectivity index (χ1) is 17.8. The third-order valence-electron chi connectivity index (χ3n) is 7.94. The van der Waals surface area contributed by atoms with Crippen molar-refractivity contribution >= 4 is 23.2 Å². The molecule has 7 heteroatoms. The van der Waals surface area contributed by atoms with Crippen LogP contribution in [0.15, 0.2) is 54.7 Å². The molecule has 37 heavy (non-hydrogen) atoms. The Kier molecular flexibility index (Phi) is 7.45. The van der Waals surface area contributed by atoms with Gasteiger partial charge in [-0.1, -0.05) is 37.3 Å². The summed E-state index contributed by atoms with van der Waals surface area (Å²) >= 11 is 1.53. The molecule has 4 heterocycles. The van der Waals surface area contributed by atoms with E-state index in [4.69, 9.17) is 0 Å². The molecule has 2 aliphatic heterocycles. The molecule has 2 amide bonds. The molecule has 3 aromatic rings. The van der Waals surface area contributed by atoms with Gasteiger partial charge in [-0.05, 0) is 67.9 Å². The van der Waals surface area contributed by atoms with Crippen molar-refractivity contribution in [3.63, 3.8) is 0 Å². The monoisotopic (exact) mass is 516 g/mol. The van der Waals surface area contributed by atoms with E-state index in [1.807, 2.05) is 62.1 Å². The highest BCUT2D eigenvalue weighted by Gasteiger charge is 2.42. The second-order valence-corrected chi connectivity index (χ2v) is 12.1. The quantitative estimate of drug-likeness (QED) is 0.486. The van der Waals surface area contributed by atoms with Gasteiger partial charge in [0.15, 0.2) is 0 Å². The number of amides is 2. The van der Waals surface area contributed by atoms with Crippen LogP contribution < -0.4 is 5.32 Å². The molecule has 2 aliphatic rings. The summed E-state index contributed by atoms with van der Waals surface area (Å²) in [6.45, 7) is 12.7. The molecule has 0 radical (unpaired) electrons. The lowest BCUT2D eigenvalue weighted by Gasteiger charge is -2.30. The molecule has 3 unspecified atom stereocenters. The van der Waals surface area contributed by atoms with Crippen LogP contribution in [0, 0.1) is 38.5 Å². The summed E-state index contributed by atoms with van der Waals surface area (Å²) in [5, 5.41) is 3.32. The smallest absolute Gasteiger partial charge is 0.261 e. The first kappa shape index (κ1) is 25.6. The Balaban J connectivity index is 1.22. The predicted octanol–water partition coefficient (Wildman–Crippen LogP) is 4.88. The molecule has 4 atom stereocenters. The van der Waals surface area contributed by atoms with Gasteiger partial charge in [-0.2, -0.15) is 0 Å². The third kappa shape index (κ3) is 5.48. The van der Waals surface area contributed by atoms with Crippen molar-refractivity contribution in [2.45, 2.75) is 33.7 Å². The normalized spacial score (nSPS) is 21.0. The van der Waals surface area contributed by atoms with Crippen molar-refractivity contribution in [3.05, 3.63) is 86.9 Å². The van der Waals surface area contributed by atoms with E-state index in [0.717, 1.165) is 64.9 Å². The van der Waals surface area contributed by atoms with Gasteiger partial charge in [0.2, 0.25) is 0 Å². The fourth-order valence-electron chi connectivity index (χ4n) is 6.08. The Bertz CT molecular complexity index is 1240. The standard InChI is InChI=1S/C30H36N4O2S/c1-19-12-13-31-22(4)27(19)30(36)34-17-24-15-33(16-25(24)18-34)14-20(2)28(23-8-6-5-7-9-23)32-29(35)26-11-10-21(3)37-26/h5-13,20,24-25,28H,14-18H2,1-4H3,(H,32,35)/t20?,24?,25?,28-/m0/s1. The minimum absolute atomic E-state index is 0.00719. The average Bonchev–Trinajstić information content (AvgIpc) is 3.57. The molecule has 5 rings (SSSR count). The maximum atomic E-state index is 13.3. The summed E-state index contributed by atoms with van der Waals surface area (Å²) in [5.74, 6) is 1.34. The van der Waals surface area contributed by atoms with E-state index in [1.54, 1.807) is 6.20 Å². The van der Waals surface area contributed by atoms with Gasteiger partial charge in [-0.3, -0.25) is 14.6 Å². The number of carbonyl (C=O) groups excluding carboxylic acids is 2. The molecular formula is C30H36N4O2S. The SMILES string of the molecule is Cc1ccc(C(=O)N[C@H](c2ccccc2)C(C)CN2CC3CN(C(=O)c4c(C)ccnc4C)CC3C2)s1. The van der Waals surface area contributed by atoms with Gasteiger partial charge in [0.25, 0.3) is 11.8 Å². The van der Waals surface area contributed by atoms with Crippen molar-refractivity contribution < 1.29 is 9.59 Å². The van der Waals surface area contributed by atoms with Gasteiger partial charge < -0.3 is 15.1 Å². The van der Waals surface area contributed by atoms with Gasteiger partial charge in [0.05, 0.1) is 22.2 Å². The molecule has 2 aromatic heterocycles. The highest BCUT2D eigenvalue weighted by Crippen LogP contribution is 2.34. The Morgan fingerprint density at radius 2 is 1.70 bits per heavy atom. The summed E-state index contributed by atoms with van der Waals surface area (Å²) in [4.78, 5) is 37.1. The van der Waals surface area contributed by atoms with Crippen molar-refractivity contribution in [1.29, 1.82) is 0 Å². The Morgan fingerprint density at radius 3 is 2.32 bits per heavy atom. The number of hydrogen-bond donors (Lipinski definition) is 1. The highest BCUT2D eigenvalue weighted by atomic mass is 32.1. The summed E-state index contributed by atoms with van der Waals surface area (Å²) < 4.78 is 0. The minimum atomic E-state index is -0.0637. The first-order valence-corrected chi connectivity index (χ1v) is 14.0. The number of thiophene rings is 1. The number of likely N-dealkylation sites (tertiary alicyclic amines) is 2. The molecule has 194 valence electrons. The van der Waals surface area contributed by atoms with Gasteiger partial charge in [0.1, 0.15) is 0 Å². The fourth-order valence-corrected chi connectivity index (χ4v) is 6.85. The van der Waals surface area contributed by atoms with E-state index >= 15 is 0 Å². The lowest BCUT2D eigenvalue weighted by molar-refractivity contribution is 0.0770. The number of rotatable bonds is 7. The summed E-state index contributed by atoms with van der Waals surface area (Å²) in [7, 11) is 0. The second-order valence-electron chi connectivity index (χ2n) is 10.8. The third-order valence-corrected chi connectivity index (χ3v) is 8.94. The molecule has 1 aromatic carbocycles. The van der Waals surface area contributed by atoms with Crippen LogP contribution in [0.3, 0.4) is 0 Å². The molecule has 6 nitrogen and oxygen atoms in total. The van der Waals surface area contributed by atoms with E-state index < -0.39 is 0 Å². The molecular weight excluding hydrogens is 480 g/mol. The maximum absolute atomic E-state index is 13.3. The van der Waals surface area contributed by atoms with Crippen LogP contribution in [0.5, 0.6) is 0 Å². The number of pyridine rings is 1. The lowest BCUT2D eigenvalue weighted by Crippen LogP contribution is -2.39. The van der Waals surface area contributed by atoms with Crippen molar-refractivity contribution in [2.24, 2.45) is 17.8 Å². The van der Waals surface area contributed by atoms with Crippen LogP contribution >= 0.6 is 11.3 Å². The van der Waals surface area contributed by atoms with Crippen LogP contribution in [-0.4, -0.2) is 59.3 Å². The zero-order valence-corrected chi connectivity index (χ0v) is 22.9. The lowest BCUT2D eigenvalue weighted by atomic mass is 9.93. The van der Waals surface area contributed by atoms with Gasteiger partial charge in [0, 0.05) is 43.8 Å². The molecule has 1 N–H and O–H groups in total. The highest BCUT2D eigenvalue weighted by molar-refractivity contribution is 7.13. The van der Waals surface area contributed by atoms with E-state index in [9.17, 15) is 9.59 Å². The number of fused-ring (bicyclic) bond motifs is 1. The summed E-state index contributed by atoms with van der Waals surface area (Å²) in [6, 6.07) is 16.0. The molecule has 0 aliphatic carbocycles. The van der Waals surface area contributed by atoms with E-state index in [2.05, 4.69) is 34.3 Å². The average molecular weight is 517 g/mol. The second kappa shape index (κ2) is 10.8. The molecule has 0 saturated carbocycles. The van der Waals surface area contributed by atoms with Gasteiger partial charge in [-0.15, -0.1) is 11.3 Å². The van der Waals surface area contributed by atoms with Crippen molar-refractivity contribution in [3.8, 4) is 0 Å². The van der Waals surface area contributed by atoms with Crippen LogP contribution in [0.1, 0.15) is 54.7 Å². The zero-order chi connectivity index (χ0) is 26.1.